The van der Waals surface area contributed by atoms with E-state index in [0.717, 1.165) is 5.56 Å². The normalized spacial score (nSPS) is 15.6. The minimum Gasteiger partial charge on any atom is -0.486 e. The van der Waals surface area contributed by atoms with Crippen molar-refractivity contribution < 1.29 is 31.8 Å². The number of carboxylic acid groups (broad SMARTS) is 1. The van der Waals surface area contributed by atoms with Crippen molar-refractivity contribution in [3.8, 4) is 5.75 Å². The molecule has 0 fully saturated rings. The summed E-state index contributed by atoms with van der Waals surface area (Å²) in [5.41, 5.74) is 1.53. The molecule has 6 nitrogen and oxygen atoms in total. The Morgan fingerprint density at radius 1 is 1.16 bits per heavy atom. The zero-order valence-electron chi connectivity index (χ0n) is 19.8. The lowest BCUT2D eigenvalue weighted by molar-refractivity contribution is -0.137. The highest BCUT2D eigenvalue weighted by molar-refractivity contribution is 7.92. The second-order valence-electron chi connectivity index (χ2n) is 8.63. The number of aliphatic carboxylic acids is 1. The number of sulfonamides is 1. The standard InChI is InChI=1S/C27H24ClF2NO5S/c1-17-4-2-5-20(14-17)37(34,35)31-16-19(10-13-26(32)33)36-25-12-9-18(15-24(25)31)8-11-21-22(27(29)30)6-3-7-23(21)28/h2-9,11-12,14-15,19,27H,10,13,16H2,1H3,(H,32,33)/b11-8+/t19-/m0/s1. The summed E-state index contributed by atoms with van der Waals surface area (Å²) in [6.45, 7) is 1.71. The van der Waals surface area contributed by atoms with Gasteiger partial charge in [-0.15, -0.1) is 0 Å². The summed E-state index contributed by atoms with van der Waals surface area (Å²) in [5.74, 6) is -0.730. The zero-order valence-corrected chi connectivity index (χ0v) is 21.3. The van der Waals surface area contributed by atoms with Crippen molar-refractivity contribution >= 4 is 45.4 Å². The van der Waals surface area contributed by atoms with E-state index in [-0.39, 0.29) is 51.9 Å². The van der Waals surface area contributed by atoms with Crippen LogP contribution in [0.3, 0.4) is 0 Å². The van der Waals surface area contributed by atoms with Gasteiger partial charge in [0.05, 0.1) is 17.1 Å². The van der Waals surface area contributed by atoms with E-state index < -0.39 is 28.5 Å². The van der Waals surface area contributed by atoms with Crippen LogP contribution in [0, 0.1) is 6.92 Å². The largest absolute Gasteiger partial charge is 0.486 e. The number of carboxylic acids is 1. The third kappa shape index (κ3) is 5.94. The first kappa shape index (κ1) is 26.6. The lowest BCUT2D eigenvalue weighted by atomic mass is 10.0. The summed E-state index contributed by atoms with van der Waals surface area (Å²) >= 11 is 6.15. The predicted molar refractivity (Wildman–Crippen MR) is 139 cm³/mol. The van der Waals surface area contributed by atoms with Crippen molar-refractivity contribution in [1.29, 1.82) is 0 Å². The van der Waals surface area contributed by atoms with E-state index in [2.05, 4.69) is 0 Å². The summed E-state index contributed by atoms with van der Waals surface area (Å²) in [5, 5.41) is 9.25. The van der Waals surface area contributed by atoms with Gasteiger partial charge in [-0.1, -0.05) is 54.1 Å². The predicted octanol–water partition coefficient (Wildman–Crippen LogP) is 6.58. The van der Waals surface area contributed by atoms with E-state index in [1.165, 1.54) is 34.6 Å². The van der Waals surface area contributed by atoms with Crippen molar-refractivity contribution in [3.05, 3.63) is 87.9 Å². The molecule has 0 amide bonds. The van der Waals surface area contributed by atoms with Crippen LogP contribution in [0.2, 0.25) is 5.02 Å². The number of ether oxygens (including phenoxy) is 1. The molecule has 0 radical (unpaired) electrons. The highest BCUT2D eigenvalue weighted by Crippen LogP contribution is 2.39. The van der Waals surface area contributed by atoms with Gasteiger partial charge < -0.3 is 9.84 Å². The Hall–Kier alpha value is -3.43. The summed E-state index contributed by atoms with van der Waals surface area (Å²) in [6, 6.07) is 15.6. The van der Waals surface area contributed by atoms with Gasteiger partial charge in [0.15, 0.2) is 0 Å². The molecular weight excluding hydrogens is 524 g/mol. The molecule has 1 aliphatic heterocycles. The van der Waals surface area contributed by atoms with Gasteiger partial charge in [0, 0.05) is 22.6 Å². The second kappa shape index (κ2) is 10.9. The van der Waals surface area contributed by atoms with Crippen LogP contribution in [0.25, 0.3) is 12.2 Å². The number of hydrogen-bond acceptors (Lipinski definition) is 4. The SMILES string of the molecule is Cc1cccc(S(=O)(=O)N2C[C@H](CCC(=O)O)Oc3ccc(/C=C/c4c(Cl)cccc4C(F)F)cc32)c1. The summed E-state index contributed by atoms with van der Waals surface area (Å²) in [7, 11) is -4.02. The molecule has 0 unspecified atom stereocenters. The van der Waals surface area contributed by atoms with Crippen LogP contribution in [-0.2, 0) is 14.8 Å². The molecular formula is C27H24ClF2NO5S. The smallest absolute Gasteiger partial charge is 0.303 e. The van der Waals surface area contributed by atoms with Gasteiger partial charge in [0.25, 0.3) is 16.4 Å². The first-order valence-electron chi connectivity index (χ1n) is 11.4. The van der Waals surface area contributed by atoms with E-state index in [0.29, 0.717) is 5.56 Å². The fourth-order valence-electron chi connectivity index (χ4n) is 4.10. The number of anilines is 1. The first-order valence-corrected chi connectivity index (χ1v) is 13.2. The molecule has 37 heavy (non-hydrogen) atoms. The average Bonchev–Trinajstić information content (AvgIpc) is 2.86. The molecule has 4 rings (SSSR count). The molecule has 1 N–H and O–H groups in total. The van der Waals surface area contributed by atoms with Crippen molar-refractivity contribution in [2.45, 2.75) is 37.2 Å². The maximum absolute atomic E-state index is 13.7. The highest BCUT2D eigenvalue weighted by atomic mass is 35.5. The van der Waals surface area contributed by atoms with E-state index in [1.54, 1.807) is 49.4 Å². The molecule has 10 heteroatoms. The molecule has 0 bridgehead atoms. The van der Waals surface area contributed by atoms with Gasteiger partial charge in [-0.3, -0.25) is 9.10 Å². The number of fused-ring (bicyclic) bond motifs is 1. The van der Waals surface area contributed by atoms with E-state index in [1.807, 2.05) is 0 Å². The van der Waals surface area contributed by atoms with Crippen molar-refractivity contribution in [1.82, 2.24) is 0 Å². The maximum Gasteiger partial charge on any atom is 0.303 e. The number of aryl methyl sites for hydroxylation is 1. The van der Waals surface area contributed by atoms with Gasteiger partial charge in [-0.05, 0) is 54.8 Å². The number of rotatable bonds is 8. The quantitative estimate of drug-likeness (QED) is 0.322. The monoisotopic (exact) mass is 547 g/mol. The Morgan fingerprint density at radius 3 is 2.62 bits per heavy atom. The van der Waals surface area contributed by atoms with E-state index in [9.17, 15) is 22.0 Å². The molecule has 0 spiro atoms. The number of alkyl halides is 2. The average molecular weight is 548 g/mol. The van der Waals surface area contributed by atoms with Crippen LogP contribution in [0.15, 0.2) is 65.6 Å². The Morgan fingerprint density at radius 2 is 1.92 bits per heavy atom. The zero-order chi connectivity index (χ0) is 26.7. The summed E-state index contributed by atoms with van der Waals surface area (Å²) in [6.07, 6.45) is -0.400. The lowest BCUT2D eigenvalue weighted by Crippen LogP contribution is -2.43. The molecule has 1 atom stereocenters. The molecule has 0 aliphatic carbocycles. The van der Waals surface area contributed by atoms with Crippen LogP contribution in [-0.4, -0.2) is 32.1 Å². The molecule has 3 aromatic carbocycles. The van der Waals surface area contributed by atoms with Crippen molar-refractivity contribution in [3.63, 3.8) is 0 Å². The van der Waals surface area contributed by atoms with Gasteiger partial charge in [-0.25, -0.2) is 17.2 Å². The number of carbonyl (C=O) groups is 1. The van der Waals surface area contributed by atoms with E-state index >= 15 is 0 Å². The van der Waals surface area contributed by atoms with Crippen LogP contribution in [0.4, 0.5) is 14.5 Å². The summed E-state index contributed by atoms with van der Waals surface area (Å²) < 4.78 is 61.4. The van der Waals surface area contributed by atoms with E-state index in [4.69, 9.17) is 21.4 Å². The lowest BCUT2D eigenvalue weighted by Gasteiger charge is -2.35. The van der Waals surface area contributed by atoms with Gasteiger partial charge >= 0.3 is 5.97 Å². The number of halogens is 3. The Labute approximate surface area is 218 Å². The minimum atomic E-state index is -4.02. The van der Waals surface area contributed by atoms with Crippen molar-refractivity contribution in [2.75, 3.05) is 10.8 Å². The Bertz CT molecular complexity index is 1460. The van der Waals surface area contributed by atoms with Crippen LogP contribution < -0.4 is 9.04 Å². The van der Waals surface area contributed by atoms with Gasteiger partial charge in [-0.2, -0.15) is 0 Å². The first-order chi connectivity index (χ1) is 17.6. The van der Waals surface area contributed by atoms with Gasteiger partial charge in [0.2, 0.25) is 0 Å². The van der Waals surface area contributed by atoms with Crippen LogP contribution in [0.5, 0.6) is 5.75 Å². The summed E-state index contributed by atoms with van der Waals surface area (Å²) in [4.78, 5) is 11.2. The minimum absolute atomic E-state index is 0.0796. The number of benzene rings is 3. The topological polar surface area (TPSA) is 83.9 Å². The molecule has 3 aromatic rings. The highest BCUT2D eigenvalue weighted by Gasteiger charge is 2.35. The molecule has 1 heterocycles. The van der Waals surface area contributed by atoms with Crippen LogP contribution >= 0.6 is 11.6 Å². The molecule has 0 saturated heterocycles. The molecule has 0 aromatic heterocycles. The number of hydrogen-bond donors (Lipinski definition) is 1. The van der Waals surface area contributed by atoms with Gasteiger partial charge in [0.1, 0.15) is 11.9 Å². The number of nitrogens with zero attached hydrogens (tertiary/aromatic N) is 1. The fraction of sp³-hybridized carbons (Fsp3) is 0.222. The fourth-order valence-corrected chi connectivity index (χ4v) is 5.95. The third-order valence-corrected chi connectivity index (χ3v) is 8.04. The molecule has 1 aliphatic rings. The molecule has 194 valence electrons. The Balaban J connectivity index is 1.75. The molecule has 0 saturated carbocycles. The van der Waals surface area contributed by atoms with Crippen LogP contribution in [0.1, 0.15) is 41.5 Å². The third-order valence-electron chi connectivity index (χ3n) is 5.94. The maximum atomic E-state index is 13.7. The van der Waals surface area contributed by atoms with Crippen molar-refractivity contribution in [2.24, 2.45) is 0 Å². The Kier molecular flexibility index (Phi) is 7.85. The second-order valence-corrected chi connectivity index (χ2v) is 10.9.